The van der Waals surface area contributed by atoms with Crippen molar-refractivity contribution in [1.29, 1.82) is 0 Å². The molecule has 6 nitrogen and oxygen atoms in total. The highest BCUT2D eigenvalue weighted by Gasteiger charge is 2.15. The number of non-ortho nitro benzene ring substituents is 1. The second kappa shape index (κ2) is 10.4. The Kier molecular flexibility index (Phi) is 7.15. The number of rotatable bonds is 10. The highest BCUT2D eigenvalue weighted by Crippen LogP contribution is 2.32. The zero-order valence-corrected chi connectivity index (χ0v) is 18.7. The molecule has 0 aliphatic heterocycles. The predicted molar refractivity (Wildman–Crippen MR) is 126 cm³/mol. The average Bonchev–Trinajstić information content (AvgIpc) is 3.26. The van der Waals surface area contributed by atoms with Gasteiger partial charge >= 0.3 is 0 Å². The number of aromatic nitrogens is 1. The van der Waals surface area contributed by atoms with Gasteiger partial charge in [-0.25, -0.2) is 13.8 Å². The molecule has 0 radical (unpaired) electrons. The molecule has 3 aromatic carbocycles. The van der Waals surface area contributed by atoms with Crippen molar-refractivity contribution in [2.75, 3.05) is 6.61 Å². The first-order valence-electron chi connectivity index (χ1n) is 11.2. The summed E-state index contributed by atoms with van der Waals surface area (Å²) in [6.45, 7) is 2.40. The summed E-state index contributed by atoms with van der Waals surface area (Å²) < 4.78 is 40.1. The lowest BCUT2D eigenvalue weighted by molar-refractivity contribution is -0.384. The number of nitro benzene ring substituents is 1. The van der Waals surface area contributed by atoms with Gasteiger partial charge in [0.2, 0.25) is 5.89 Å². The van der Waals surface area contributed by atoms with Crippen LogP contribution in [0.4, 0.5) is 14.5 Å². The molecular weight excluding hydrogens is 442 g/mol. The van der Waals surface area contributed by atoms with Gasteiger partial charge in [0.05, 0.1) is 11.5 Å². The molecule has 34 heavy (non-hydrogen) atoms. The number of nitrogens with zero attached hydrogens (tertiary/aromatic N) is 2. The van der Waals surface area contributed by atoms with Crippen molar-refractivity contribution in [1.82, 2.24) is 4.98 Å². The molecule has 0 spiro atoms. The minimum atomic E-state index is -0.742. The van der Waals surface area contributed by atoms with E-state index < -0.39 is 16.6 Å². The van der Waals surface area contributed by atoms with E-state index in [1.807, 2.05) is 0 Å². The fourth-order valence-electron chi connectivity index (χ4n) is 3.70. The number of nitro groups is 1. The average molecular weight is 466 g/mol. The minimum Gasteiger partial charge on any atom is -0.488 e. The van der Waals surface area contributed by atoms with Crippen LogP contribution in [0.2, 0.25) is 0 Å². The second-order valence-corrected chi connectivity index (χ2v) is 8.04. The molecule has 8 heteroatoms. The van der Waals surface area contributed by atoms with Gasteiger partial charge in [-0.05, 0) is 47.9 Å². The maximum atomic E-state index is 14.5. The fraction of sp³-hybridized carbons (Fsp3) is 0.269. The maximum Gasteiger partial charge on any atom is 0.271 e. The van der Waals surface area contributed by atoms with E-state index in [1.54, 1.807) is 24.3 Å². The molecule has 0 aliphatic rings. The maximum absolute atomic E-state index is 14.5. The Balaban J connectivity index is 1.48. The van der Waals surface area contributed by atoms with E-state index in [1.165, 1.54) is 30.3 Å². The first kappa shape index (κ1) is 23.4. The normalized spacial score (nSPS) is 11.1. The highest BCUT2D eigenvalue weighted by molar-refractivity contribution is 5.79. The summed E-state index contributed by atoms with van der Waals surface area (Å²) in [7, 11) is 0. The molecule has 0 N–H and O–H groups in total. The first-order valence-corrected chi connectivity index (χ1v) is 11.2. The van der Waals surface area contributed by atoms with Crippen molar-refractivity contribution in [3.05, 3.63) is 76.3 Å². The summed E-state index contributed by atoms with van der Waals surface area (Å²) in [5, 5.41) is 10.9. The van der Waals surface area contributed by atoms with Gasteiger partial charge in [0.15, 0.2) is 23.0 Å². The zero-order valence-electron chi connectivity index (χ0n) is 18.7. The summed E-state index contributed by atoms with van der Waals surface area (Å²) in [5.41, 5.74) is 2.35. The van der Waals surface area contributed by atoms with Crippen LogP contribution < -0.4 is 4.74 Å². The van der Waals surface area contributed by atoms with E-state index in [-0.39, 0.29) is 18.0 Å². The molecule has 0 unspecified atom stereocenters. The van der Waals surface area contributed by atoms with Crippen molar-refractivity contribution < 1.29 is 22.9 Å². The molecule has 0 aliphatic carbocycles. The van der Waals surface area contributed by atoms with Gasteiger partial charge in [-0.3, -0.25) is 10.1 Å². The number of oxazole rings is 1. The van der Waals surface area contributed by atoms with Crippen LogP contribution in [0.1, 0.15) is 39.0 Å². The van der Waals surface area contributed by atoms with Crippen LogP contribution in [0, 0.1) is 21.7 Å². The molecule has 1 aromatic heterocycles. The number of hydrogen-bond donors (Lipinski definition) is 0. The summed E-state index contributed by atoms with van der Waals surface area (Å²) in [4.78, 5) is 14.8. The van der Waals surface area contributed by atoms with Crippen LogP contribution in [0.5, 0.6) is 5.75 Å². The number of hydrogen-bond acceptors (Lipinski definition) is 5. The predicted octanol–water partition coefficient (Wildman–Crippen LogP) is 7.70. The van der Waals surface area contributed by atoms with Crippen molar-refractivity contribution >= 4 is 16.8 Å². The molecule has 4 rings (SSSR count). The Morgan fingerprint density at radius 1 is 0.912 bits per heavy atom. The fourth-order valence-corrected chi connectivity index (χ4v) is 3.70. The van der Waals surface area contributed by atoms with Gasteiger partial charge < -0.3 is 9.15 Å². The van der Waals surface area contributed by atoms with Gasteiger partial charge in [0, 0.05) is 17.7 Å². The highest BCUT2D eigenvalue weighted by atomic mass is 19.1. The molecule has 0 atom stereocenters. The van der Waals surface area contributed by atoms with Crippen LogP contribution in [0.3, 0.4) is 0 Å². The minimum absolute atomic E-state index is 0.0735. The first-order chi connectivity index (χ1) is 16.5. The van der Waals surface area contributed by atoms with Gasteiger partial charge in [-0.1, -0.05) is 44.7 Å². The molecule has 4 aromatic rings. The van der Waals surface area contributed by atoms with E-state index in [0.717, 1.165) is 32.1 Å². The van der Waals surface area contributed by atoms with E-state index in [2.05, 4.69) is 11.9 Å². The Hall–Kier alpha value is -3.81. The summed E-state index contributed by atoms with van der Waals surface area (Å²) >= 11 is 0. The lowest BCUT2D eigenvalue weighted by Gasteiger charge is -2.11. The quantitative estimate of drug-likeness (QED) is 0.136. The topological polar surface area (TPSA) is 78.4 Å². The standard InChI is InChI=1S/C26H24F2N2O4/c1-2-3-4-5-6-13-33-25-21(27)14-19(15-22(25)28)17-7-9-18(10-8-17)26-29-23-16-20(30(31)32)11-12-24(23)34-26/h7-12,14-16H,2-6,13H2,1H3. The third-order valence-electron chi connectivity index (χ3n) is 5.54. The van der Waals surface area contributed by atoms with Crippen LogP contribution in [-0.4, -0.2) is 16.5 Å². The molecule has 0 saturated heterocycles. The molecule has 176 valence electrons. The van der Waals surface area contributed by atoms with E-state index in [9.17, 15) is 18.9 Å². The summed E-state index contributed by atoms with van der Waals surface area (Å²) in [6.07, 6.45) is 5.09. The SMILES string of the molecule is CCCCCCCOc1c(F)cc(-c2ccc(-c3nc4cc([N+](=O)[O-])ccc4o3)cc2)cc1F. The molecule has 0 amide bonds. The van der Waals surface area contributed by atoms with Crippen LogP contribution >= 0.6 is 0 Å². The van der Waals surface area contributed by atoms with Crippen molar-refractivity contribution in [3.8, 4) is 28.3 Å². The summed E-state index contributed by atoms with van der Waals surface area (Å²) in [6, 6.07) is 13.5. The molecule has 0 saturated carbocycles. The number of fused-ring (bicyclic) bond motifs is 1. The second-order valence-electron chi connectivity index (χ2n) is 8.04. The number of unbranched alkanes of at least 4 members (excludes halogenated alkanes) is 4. The third-order valence-corrected chi connectivity index (χ3v) is 5.54. The van der Waals surface area contributed by atoms with Crippen molar-refractivity contribution in [2.45, 2.75) is 39.0 Å². The van der Waals surface area contributed by atoms with E-state index in [4.69, 9.17) is 9.15 Å². The van der Waals surface area contributed by atoms with Crippen molar-refractivity contribution in [2.24, 2.45) is 0 Å². The molecule has 0 fully saturated rings. The van der Waals surface area contributed by atoms with Gasteiger partial charge in [0.25, 0.3) is 5.69 Å². The third kappa shape index (κ3) is 5.22. The zero-order chi connectivity index (χ0) is 24.1. The smallest absolute Gasteiger partial charge is 0.271 e. The Morgan fingerprint density at radius 3 is 2.26 bits per heavy atom. The Labute approximate surface area is 195 Å². The summed E-state index contributed by atoms with van der Waals surface area (Å²) in [5.74, 6) is -1.54. The van der Waals surface area contributed by atoms with Gasteiger partial charge in [0.1, 0.15) is 5.52 Å². The molecule has 0 bridgehead atoms. The van der Waals surface area contributed by atoms with Crippen molar-refractivity contribution in [3.63, 3.8) is 0 Å². The monoisotopic (exact) mass is 466 g/mol. The van der Waals surface area contributed by atoms with Crippen LogP contribution in [0.15, 0.2) is 59.0 Å². The van der Waals surface area contributed by atoms with Gasteiger partial charge in [-0.15, -0.1) is 0 Å². The Morgan fingerprint density at radius 2 is 1.59 bits per heavy atom. The molecule has 1 heterocycles. The Bertz CT molecular complexity index is 1280. The number of halogens is 2. The van der Waals surface area contributed by atoms with E-state index >= 15 is 0 Å². The largest absolute Gasteiger partial charge is 0.488 e. The lowest BCUT2D eigenvalue weighted by Crippen LogP contribution is -2.02. The lowest BCUT2D eigenvalue weighted by atomic mass is 10.0. The van der Waals surface area contributed by atoms with E-state index in [0.29, 0.717) is 33.7 Å². The number of ether oxygens (including phenoxy) is 1. The van der Waals surface area contributed by atoms with Gasteiger partial charge in [-0.2, -0.15) is 0 Å². The number of benzene rings is 3. The molecular formula is C26H24F2N2O4. The van der Waals surface area contributed by atoms with Crippen LogP contribution in [0.25, 0.3) is 33.7 Å². The van der Waals surface area contributed by atoms with Crippen LogP contribution in [-0.2, 0) is 0 Å².